The molecular formula is C13H10BrClF2N2. The molecule has 6 heteroatoms. The molecule has 0 saturated heterocycles. The Labute approximate surface area is 122 Å². The number of halogens is 4. The van der Waals surface area contributed by atoms with Crippen LogP contribution in [-0.4, -0.2) is 0 Å². The van der Waals surface area contributed by atoms with Crippen LogP contribution in [0.1, 0.15) is 17.2 Å². The van der Waals surface area contributed by atoms with Gasteiger partial charge in [0.1, 0.15) is 0 Å². The molecule has 0 aromatic heterocycles. The van der Waals surface area contributed by atoms with E-state index in [9.17, 15) is 8.78 Å². The van der Waals surface area contributed by atoms with Crippen molar-refractivity contribution >= 4 is 27.5 Å². The summed E-state index contributed by atoms with van der Waals surface area (Å²) in [6.07, 6.45) is 0. The number of rotatable bonds is 3. The van der Waals surface area contributed by atoms with Gasteiger partial charge in [-0.25, -0.2) is 14.2 Å². The first kappa shape index (κ1) is 14.4. The Morgan fingerprint density at radius 1 is 1.11 bits per heavy atom. The van der Waals surface area contributed by atoms with Gasteiger partial charge >= 0.3 is 0 Å². The highest BCUT2D eigenvalue weighted by Gasteiger charge is 2.17. The van der Waals surface area contributed by atoms with Crippen molar-refractivity contribution in [3.8, 4) is 0 Å². The predicted molar refractivity (Wildman–Crippen MR) is 74.7 cm³/mol. The molecule has 1 atom stereocenters. The first-order valence-corrected chi connectivity index (χ1v) is 6.56. The van der Waals surface area contributed by atoms with Crippen LogP contribution in [0.25, 0.3) is 0 Å². The van der Waals surface area contributed by atoms with Crippen LogP contribution < -0.4 is 11.3 Å². The lowest BCUT2D eigenvalue weighted by Crippen LogP contribution is -2.29. The summed E-state index contributed by atoms with van der Waals surface area (Å²) in [6, 6.07) is 8.36. The number of nitrogens with one attached hydrogen (secondary N) is 1. The Hall–Kier alpha value is -1.01. The summed E-state index contributed by atoms with van der Waals surface area (Å²) in [4.78, 5) is 0. The summed E-state index contributed by atoms with van der Waals surface area (Å²) >= 11 is 9.24. The van der Waals surface area contributed by atoms with Gasteiger partial charge in [-0.15, -0.1) is 0 Å². The molecule has 0 bridgehead atoms. The van der Waals surface area contributed by atoms with Gasteiger partial charge in [0.2, 0.25) is 0 Å². The van der Waals surface area contributed by atoms with E-state index in [1.54, 1.807) is 18.2 Å². The van der Waals surface area contributed by atoms with Gasteiger partial charge in [-0.05, 0) is 35.4 Å². The van der Waals surface area contributed by atoms with Crippen LogP contribution in [-0.2, 0) is 0 Å². The molecule has 0 radical (unpaired) electrons. The Kier molecular flexibility index (Phi) is 4.52. The summed E-state index contributed by atoms with van der Waals surface area (Å²) in [5.41, 5.74) is 3.87. The van der Waals surface area contributed by atoms with E-state index in [0.717, 1.165) is 22.2 Å². The molecule has 2 nitrogen and oxygen atoms in total. The minimum Gasteiger partial charge on any atom is -0.271 e. The third-order valence-electron chi connectivity index (χ3n) is 2.72. The molecule has 0 fully saturated rings. The van der Waals surface area contributed by atoms with Gasteiger partial charge in [0.05, 0.1) is 6.04 Å². The highest BCUT2D eigenvalue weighted by Crippen LogP contribution is 2.30. The van der Waals surface area contributed by atoms with Crippen molar-refractivity contribution < 1.29 is 8.78 Å². The SMILES string of the molecule is NNC(c1ccc(F)c(F)c1)c1ccc(Cl)cc1Br. The second-order valence-electron chi connectivity index (χ2n) is 3.94. The van der Waals surface area contributed by atoms with Crippen molar-refractivity contribution in [2.24, 2.45) is 5.84 Å². The fourth-order valence-electron chi connectivity index (χ4n) is 1.79. The van der Waals surface area contributed by atoms with Gasteiger partial charge in [0.15, 0.2) is 11.6 Å². The van der Waals surface area contributed by atoms with Gasteiger partial charge in [-0.1, -0.05) is 39.7 Å². The maximum atomic E-state index is 13.3. The maximum absolute atomic E-state index is 13.3. The maximum Gasteiger partial charge on any atom is 0.159 e. The third-order valence-corrected chi connectivity index (χ3v) is 3.64. The van der Waals surface area contributed by atoms with E-state index in [4.69, 9.17) is 17.4 Å². The summed E-state index contributed by atoms with van der Waals surface area (Å²) in [6.45, 7) is 0. The van der Waals surface area contributed by atoms with Gasteiger partial charge in [-0.3, -0.25) is 5.84 Å². The molecule has 0 aliphatic heterocycles. The normalized spacial score (nSPS) is 12.5. The van der Waals surface area contributed by atoms with Crippen molar-refractivity contribution in [1.29, 1.82) is 0 Å². The van der Waals surface area contributed by atoms with Crippen LogP contribution in [0.15, 0.2) is 40.9 Å². The number of benzene rings is 2. The van der Waals surface area contributed by atoms with Crippen molar-refractivity contribution in [2.75, 3.05) is 0 Å². The Morgan fingerprint density at radius 3 is 2.42 bits per heavy atom. The molecular weight excluding hydrogens is 338 g/mol. The van der Waals surface area contributed by atoms with E-state index < -0.39 is 17.7 Å². The zero-order chi connectivity index (χ0) is 14.0. The predicted octanol–water partition coefficient (Wildman–Crippen LogP) is 3.93. The van der Waals surface area contributed by atoms with Crippen LogP contribution in [0.4, 0.5) is 8.78 Å². The van der Waals surface area contributed by atoms with Gasteiger partial charge in [-0.2, -0.15) is 0 Å². The molecule has 2 aromatic carbocycles. The number of hydrogen-bond donors (Lipinski definition) is 2. The van der Waals surface area contributed by atoms with Crippen LogP contribution in [0.2, 0.25) is 5.02 Å². The van der Waals surface area contributed by atoms with Gasteiger partial charge in [0, 0.05) is 9.50 Å². The van der Waals surface area contributed by atoms with Crippen molar-refractivity contribution in [1.82, 2.24) is 5.43 Å². The van der Waals surface area contributed by atoms with E-state index >= 15 is 0 Å². The minimum absolute atomic E-state index is 0.471. The molecule has 0 amide bonds. The number of nitrogens with two attached hydrogens (primary N) is 1. The van der Waals surface area contributed by atoms with E-state index in [1.165, 1.54) is 6.07 Å². The van der Waals surface area contributed by atoms with Crippen molar-refractivity contribution in [2.45, 2.75) is 6.04 Å². The zero-order valence-electron chi connectivity index (χ0n) is 9.63. The zero-order valence-corrected chi connectivity index (χ0v) is 12.0. The average molecular weight is 348 g/mol. The summed E-state index contributed by atoms with van der Waals surface area (Å²) in [5, 5.41) is 0.566. The Bertz CT molecular complexity index is 607. The molecule has 0 saturated carbocycles. The number of hydrogen-bond acceptors (Lipinski definition) is 2. The summed E-state index contributed by atoms with van der Waals surface area (Å²) in [7, 11) is 0. The monoisotopic (exact) mass is 346 g/mol. The lowest BCUT2D eigenvalue weighted by Gasteiger charge is -2.18. The molecule has 0 heterocycles. The fraction of sp³-hybridized carbons (Fsp3) is 0.0769. The lowest BCUT2D eigenvalue weighted by atomic mass is 9.99. The van der Waals surface area contributed by atoms with E-state index in [1.807, 2.05) is 0 Å². The highest BCUT2D eigenvalue weighted by molar-refractivity contribution is 9.10. The highest BCUT2D eigenvalue weighted by atomic mass is 79.9. The topological polar surface area (TPSA) is 38.0 Å². The molecule has 1 unspecified atom stereocenters. The van der Waals surface area contributed by atoms with Crippen LogP contribution >= 0.6 is 27.5 Å². The molecule has 3 N–H and O–H groups in total. The van der Waals surface area contributed by atoms with Crippen LogP contribution in [0.3, 0.4) is 0 Å². The fourth-order valence-corrected chi connectivity index (χ4v) is 2.70. The first-order valence-electron chi connectivity index (χ1n) is 5.39. The molecule has 2 rings (SSSR count). The summed E-state index contributed by atoms with van der Waals surface area (Å²) < 4.78 is 27.0. The Balaban J connectivity index is 2.46. The molecule has 0 spiro atoms. The van der Waals surface area contributed by atoms with E-state index in [0.29, 0.717) is 10.6 Å². The van der Waals surface area contributed by atoms with Crippen molar-refractivity contribution in [3.63, 3.8) is 0 Å². The molecule has 2 aromatic rings. The second-order valence-corrected chi connectivity index (χ2v) is 5.23. The van der Waals surface area contributed by atoms with Crippen LogP contribution in [0.5, 0.6) is 0 Å². The Morgan fingerprint density at radius 2 is 1.84 bits per heavy atom. The van der Waals surface area contributed by atoms with Crippen LogP contribution in [0, 0.1) is 11.6 Å². The third kappa shape index (κ3) is 3.12. The molecule has 0 aliphatic rings. The van der Waals surface area contributed by atoms with Gasteiger partial charge < -0.3 is 0 Å². The molecule has 100 valence electrons. The summed E-state index contributed by atoms with van der Waals surface area (Å²) in [5.74, 6) is 3.70. The first-order chi connectivity index (χ1) is 9.02. The standard InChI is InChI=1S/C13H10BrClF2N2/c14-10-6-8(15)2-3-9(10)13(19-18)7-1-4-11(16)12(17)5-7/h1-6,13,19H,18H2. The second kappa shape index (κ2) is 5.96. The lowest BCUT2D eigenvalue weighted by molar-refractivity contribution is 0.504. The van der Waals surface area contributed by atoms with Crippen molar-refractivity contribution in [3.05, 3.63) is 68.7 Å². The van der Waals surface area contributed by atoms with E-state index in [2.05, 4.69) is 21.4 Å². The smallest absolute Gasteiger partial charge is 0.159 e. The van der Waals surface area contributed by atoms with E-state index in [-0.39, 0.29) is 0 Å². The largest absolute Gasteiger partial charge is 0.271 e. The molecule has 19 heavy (non-hydrogen) atoms. The van der Waals surface area contributed by atoms with Gasteiger partial charge in [0.25, 0.3) is 0 Å². The quantitative estimate of drug-likeness (QED) is 0.652. The molecule has 0 aliphatic carbocycles. The minimum atomic E-state index is -0.914. The average Bonchev–Trinajstić information content (AvgIpc) is 2.37. The number of hydrazine groups is 1.